The minimum atomic E-state index is -1.55. The number of benzene rings is 1. The first-order valence-corrected chi connectivity index (χ1v) is 7.71. The van der Waals surface area contributed by atoms with E-state index in [0.29, 0.717) is 5.56 Å². The van der Waals surface area contributed by atoms with Gasteiger partial charge in [-0.1, -0.05) is 52.5 Å². The second-order valence-electron chi connectivity index (χ2n) is 4.68. The summed E-state index contributed by atoms with van der Waals surface area (Å²) < 4.78 is -1.55. The molecule has 0 aromatic heterocycles. The maximum atomic E-state index is 12.2. The molecule has 0 spiro atoms. The molecule has 0 aliphatic rings. The summed E-state index contributed by atoms with van der Waals surface area (Å²) in [7, 11) is 0. The third-order valence-electron chi connectivity index (χ3n) is 3.23. The van der Waals surface area contributed by atoms with E-state index in [1.54, 1.807) is 12.1 Å². The molecular formula is C14H20Cl3N2O+. The Balaban J connectivity index is 2.89. The quantitative estimate of drug-likeness (QED) is 0.627. The molecule has 20 heavy (non-hydrogen) atoms. The third kappa shape index (κ3) is 4.81. The first-order valence-electron chi connectivity index (χ1n) is 6.58. The first kappa shape index (κ1) is 17.6. The summed E-state index contributed by atoms with van der Waals surface area (Å²) in [5, 5.41) is 2.82. The van der Waals surface area contributed by atoms with Crippen LogP contribution in [0.3, 0.4) is 0 Å². The summed E-state index contributed by atoms with van der Waals surface area (Å²) in [6, 6.07) is 7.28. The maximum Gasteiger partial charge on any atom is 0.262 e. The van der Waals surface area contributed by atoms with Crippen LogP contribution in [0.4, 0.5) is 0 Å². The molecule has 3 nitrogen and oxygen atoms in total. The van der Waals surface area contributed by atoms with Crippen LogP contribution in [0.15, 0.2) is 24.3 Å². The number of halogens is 3. The number of nitrogens with one attached hydrogen (secondary N) is 2. The van der Waals surface area contributed by atoms with Gasteiger partial charge in [-0.05, 0) is 32.9 Å². The van der Waals surface area contributed by atoms with Gasteiger partial charge < -0.3 is 4.90 Å². The fourth-order valence-corrected chi connectivity index (χ4v) is 2.62. The zero-order valence-corrected chi connectivity index (χ0v) is 14.1. The van der Waals surface area contributed by atoms with E-state index in [9.17, 15) is 4.79 Å². The Hall–Kier alpha value is -0.480. The lowest BCUT2D eigenvalue weighted by Gasteiger charge is -2.31. The van der Waals surface area contributed by atoms with Gasteiger partial charge in [-0.2, -0.15) is 0 Å². The Morgan fingerprint density at radius 2 is 1.70 bits per heavy atom. The number of amides is 1. The Bertz CT molecular complexity index is 439. The summed E-state index contributed by atoms with van der Waals surface area (Å²) in [6.45, 7) is 7.44. The number of hydrogen-bond donors (Lipinski definition) is 2. The highest BCUT2D eigenvalue weighted by Gasteiger charge is 2.41. The van der Waals surface area contributed by atoms with Crippen LogP contribution in [-0.4, -0.2) is 29.0 Å². The highest BCUT2D eigenvalue weighted by Crippen LogP contribution is 2.28. The van der Waals surface area contributed by atoms with Gasteiger partial charge in [-0.15, -0.1) is 0 Å². The normalized spacial score (nSPS) is 13.3. The van der Waals surface area contributed by atoms with E-state index < -0.39 is 9.96 Å². The van der Waals surface area contributed by atoms with Crippen molar-refractivity contribution in [2.24, 2.45) is 0 Å². The second-order valence-corrected chi connectivity index (χ2v) is 7.05. The number of aryl methyl sites for hydroxylation is 1. The van der Waals surface area contributed by atoms with Crippen LogP contribution in [0.2, 0.25) is 0 Å². The average Bonchev–Trinajstić information content (AvgIpc) is 2.38. The van der Waals surface area contributed by atoms with Crippen molar-refractivity contribution in [2.75, 3.05) is 13.1 Å². The molecule has 1 amide bonds. The fourth-order valence-electron chi connectivity index (χ4n) is 1.99. The van der Waals surface area contributed by atoms with Gasteiger partial charge in [0.2, 0.25) is 6.17 Å². The number of carbonyl (C=O) groups is 1. The average molecular weight is 339 g/mol. The maximum absolute atomic E-state index is 12.2. The van der Waals surface area contributed by atoms with Crippen LogP contribution < -0.4 is 10.2 Å². The number of rotatable bonds is 5. The van der Waals surface area contributed by atoms with Crippen molar-refractivity contribution in [1.29, 1.82) is 0 Å². The lowest BCUT2D eigenvalue weighted by atomic mass is 10.1. The summed E-state index contributed by atoms with van der Waals surface area (Å²) in [5.74, 6) is -0.235. The summed E-state index contributed by atoms with van der Waals surface area (Å²) in [6.07, 6.45) is -0.587. The first-order chi connectivity index (χ1) is 9.29. The van der Waals surface area contributed by atoms with E-state index >= 15 is 0 Å². The van der Waals surface area contributed by atoms with Crippen molar-refractivity contribution >= 4 is 40.7 Å². The van der Waals surface area contributed by atoms with E-state index in [0.717, 1.165) is 23.6 Å². The highest BCUT2D eigenvalue weighted by atomic mass is 35.6. The molecule has 0 fully saturated rings. The minimum Gasteiger partial charge on any atom is -0.312 e. The monoisotopic (exact) mass is 337 g/mol. The van der Waals surface area contributed by atoms with Gasteiger partial charge in [-0.25, -0.2) is 0 Å². The number of hydrogen-bond acceptors (Lipinski definition) is 1. The van der Waals surface area contributed by atoms with Crippen molar-refractivity contribution in [3.63, 3.8) is 0 Å². The predicted octanol–water partition coefficient (Wildman–Crippen LogP) is 2.35. The smallest absolute Gasteiger partial charge is 0.262 e. The summed E-state index contributed by atoms with van der Waals surface area (Å²) >= 11 is 18.0. The Labute approximate surface area is 135 Å². The summed E-state index contributed by atoms with van der Waals surface area (Å²) in [5.41, 5.74) is 1.65. The van der Waals surface area contributed by atoms with Crippen LogP contribution in [0.25, 0.3) is 0 Å². The Kier molecular flexibility index (Phi) is 6.59. The molecule has 112 valence electrons. The number of quaternary nitrogens is 1. The van der Waals surface area contributed by atoms with E-state index in [2.05, 4.69) is 5.32 Å². The molecule has 0 radical (unpaired) electrons. The predicted molar refractivity (Wildman–Crippen MR) is 84.8 cm³/mol. The molecule has 2 N–H and O–H groups in total. The lowest BCUT2D eigenvalue weighted by molar-refractivity contribution is -0.923. The molecule has 0 aliphatic carbocycles. The Morgan fingerprint density at radius 3 is 2.10 bits per heavy atom. The second kappa shape index (κ2) is 7.51. The summed E-state index contributed by atoms with van der Waals surface area (Å²) in [4.78, 5) is 13.3. The van der Waals surface area contributed by atoms with E-state index in [1.165, 1.54) is 0 Å². The Morgan fingerprint density at radius 1 is 1.20 bits per heavy atom. The molecule has 0 aliphatic heterocycles. The zero-order chi connectivity index (χ0) is 15.3. The van der Waals surface area contributed by atoms with Gasteiger partial charge in [0, 0.05) is 5.56 Å². The van der Waals surface area contributed by atoms with Gasteiger partial charge in [0.05, 0.1) is 13.1 Å². The van der Waals surface area contributed by atoms with Crippen LogP contribution in [0, 0.1) is 6.92 Å². The van der Waals surface area contributed by atoms with Gasteiger partial charge in [0.1, 0.15) is 0 Å². The van der Waals surface area contributed by atoms with E-state index in [1.807, 2.05) is 32.9 Å². The van der Waals surface area contributed by atoms with Crippen molar-refractivity contribution in [3.05, 3.63) is 35.4 Å². The molecule has 1 aromatic rings. The zero-order valence-electron chi connectivity index (χ0n) is 11.8. The highest BCUT2D eigenvalue weighted by molar-refractivity contribution is 6.68. The lowest BCUT2D eigenvalue weighted by Crippen LogP contribution is -3.18. The van der Waals surface area contributed by atoms with Crippen LogP contribution in [-0.2, 0) is 0 Å². The van der Waals surface area contributed by atoms with Crippen molar-refractivity contribution in [1.82, 2.24) is 5.32 Å². The minimum absolute atomic E-state index is 0.235. The van der Waals surface area contributed by atoms with Crippen LogP contribution in [0.1, 0.15) is 29.8 Å². The molecule has 0 saturated carbocycles. The molecule has 0 bridgehead atoms. The van der Waals surface area contributed by atoms with Crippen molar-refractivity contribution < 1.29 is 9.69 Å². The fraction of sp³-hybridized carbons (Fsp3) is 0.500. The molecule has 0 saturated heterocycles. The van der Waals surface area contributed by atoms with Gasteiger partial charge in [0.15, 0.2) is 0 Å². The molecule has 0 unspecified atom stereocenters. The molecule has 1 atom stereocenters. The molecule has 6 heteroatoms. The largest absolute Gasteiger partial charge is 0.312 e. The number of carbonyl (C=O) groups excluding carboxylic acids is 1. The SMILES string of the molecule is CC[NH+](CC)[C@H](NC(=O)c1ccc(C)cc1)C(Cl)(Cl)Cl. The molecule has 1 aromatic carbocycles. The third-order valence-corrected chi connectivity index (χ3v) is 3.89. The molecule has 0 heterocycles. The van der Waals surface area contributed by atoms with Crippen molar-refractivity contribution in [2.45, 2.75) is 30.7 Å². The van der Waals surface area contributed by atoms with Gasteiger partial charge >= 0.3 is 0 Å². The van der Waals surface area contributed by atoms with Gasteiger partial charge in [0.25, 0.3) is 9.70 Å². The standard InChI is InChI=1S/C14H19Cl3N2O/c1-4-19(5-2)13(14(15,16)17)18-12(20)11-8-6-10(3)7-9-11/h6-9,13H,4-5H2,1-3H3,(H,18,20)/p+1/t13-/m0/s1. The van der Waals surface area contributed by atoms with Crippen LogP contribution in [0.5, 0.6) is 0 Å². The number of alkyl halides is 3. The molecule has 1 rings (SSSR count). The van der Waals surface area contributed by atoms with Gasteiger partial charge in [-0.3, -0.25) is 10.1 Å². The molecular weight excluding hydrogens is 319 g/mol. The van der Waals surface area contributed by atoms with E-state index in [4.69, 9.17) is 34.8 Å². The van der Waals surface area contributed by atoms with Crippen molar-refractivity contribution in [3.8, 4) is 0 Å². The van der Waals surface area contributed by atoms with Crippen LogP contribution >= 0.6 is 34.8 Å². The topological polar surface area (TPSA) is 33.5 Å². The van der Waals surface area contributed by atoms with E-state index in [-0.39, 0.29) is 5.91 Å².